The van der Waals surface area contributed by atoms with Crippen molar-refractivity contribution in [1.29, 1.82) is 0 Å². The minimum atomic E-state index is -0.901. The molecule has 0 aliphatic carbocycles. The van der Waals surface area contributed by atoms with Crippen LogP contribution in [-0.2, 0) is 4.79 Å². The van der Waals surface area contributed by atoms with Gasteiger partial charge in [-0.2, -0.15) is 0 Å². The van der Waals surface area contributed by atoms with Crippen LogP contribution in [0.15, 0.2) is 18.2 Å². The number of hydrogen-bond acceptors (Lipinski definition) is 3. The van der Waals surface area contributed by atoms with Gasteiger partial charge in [-0.1, -0.05) is 6.07 Å². The number of rotatable bonds is 1. The first kappa shape index (κ1) is 14.4. The number of likely N-dealkylation sites (N-methyl/N-ethyl adjacent to an activating group) is 1. The van der Waals surface area contributed by atoms with Gasteiger partial charge in [0, 0.05) is 20.1 Å². The van der Waals surface area contributed by atoms with E-state index >= 15 is 0 Å². The summed E-state index contributed by atoms with van der Waals surface area (Å²) in [6.45, 7) is 6.27. The van der Waals surface area contributed by atoms with Gasteiger partial charge >= 0.3 is 0 Å². The van der Waals surface area contributed by atoms with Gasteiger partial charge < -0.3 is 14.9 Å². The minimum absolute atomic E-state index is 0.0443. The second-order valence-electron chi connectivity index (χ2n) is 5.76. The van der Waals surface area contributed by atoms with Crippen molar-refractivity contribution in [2.75, 3.05) is 20.1 Å². The largest absolute Gasteiger partial charge is 0.507 e. The fourth-order valence-corrected chi connectivity index (χ4v) is 2.54. The lowest BCUT2D eigenvalue weighted by molar-refractivity contribution is -0.144. The Morgan fingerprint density at radius 1 is 1.30 bits per heavy atom. The molecule has 0 aromatic heterocycles. The second-order valence-corrected chi connectivity index (χ2v) is 5.76. The lowest BCUT2D eigenvalue weighted by Gasteiger charge is -2.44. The third kappa shape index (κ3) is 2.24. The molecule has 1 aromatic rings. The first-order valence-corrected chi connectivity index (χ1v) is 6.62. The zero-order valence-corrected chi connectivity index (χ0v) is 12.3. The Labute approximate surface area is 118 Å². The zero-order valence-electron chi connectivity index (χ0n) is 12.3. The molecule has 1 heterocycles. The first-order valence-electron chi connectivity index (χ1n) is 6.62. The van der Waals surface area contributed by atoms with Gasteiger partial charge in [-0.05, 0) is 38.5 Å². The summed E-state index contributed by atoms with van der Waals surface area (Å²) in [4.78, 5) is 27.9. The van der Waals surface area contributed by atoms with Crippen LogP contribution in [0, 0.1) is 6.92 Å². The van der Waals surface area contributed by atoms with Crippen LogP contribution in [0.25, 0.3) is 0 Å². The van der Waals surface area contributed by atoms with Gasteiger partial charge in [0.15, 0.2) is 0 Å². The Morgan fingerprint density at radius 3 is 2.55 bits per heavy atom. The fraction of sp³-hybridized carbons (Fsp3) is 0.467. The maximum atomic E-state index is 12.6. The predicted octanol–water partition coefficient (Wildman–Crippen LogP) is 1.39. The maximum absolute atomic E-state index is 12.6. The molecular weight excluding hydrogens is 256 g/mol. The summed E-state index contributed by atoms with van der Waals surface area (Å²) in [5.41, 5.74) is 0.218. The normalized spacial score (nSPS) is 18.3. The molecule has 20 heavy (non-hydrogen) atoms. The smallest absolute Gasteiger partial charge is 0.258 e. The van der Waals surface area contributed by atoms with Crippen LogP contribution in [-0.4, -0.2) is 52.4 Å². The highest BCUT2D eigenvalue weighted by Crippen LogP contribution is 2.27. The molecule has 1 saturated heterocycles. The molecule has 1 N–H and O–H groups in total. The van der Waals surface area contributed by atoms with Gasteiger partial charge in [-0.25, -0.2) is 0 Å². The molecule has 0 atom stereocenters. The Morgan fingerprint density at radius 2 is 1.95 bits per heavy atom. The molecule has 5 heteroatoms. The number of aryl methyl sites for hydroxylation is 1. The van der Waals surface area contributed by atoms with Crippen LogP contribution < -0.4 is 0 Å². The monoisotopic (exact) mass is 276 g/mol. The summed E-state index contributed by atoms with van der Waals surface area (Å²) in [6, 6.07) is 4.93. The minimum Gasteiger partial charge on any atom is -0.507 e. The summed E-state index contributed by atoms with van der Waals surface area (Å²) >= 11 is 0. The highest BCUT2D eigenvalue weighted by Gasteiger charge is 2.43. The maximum Gasteiger partial charge on any atom is 0.258 e. The number of phenolic OH excluding ortho intramolecular Hbond substituents is 1. The lowest BCUT2D eigenvalue weighted by atomic mass is 9.96. The van der Waals surface area contributed by atoms with Crippen molar-refractivity contribution in [1.82, 2.24) is 9.80 Å². The Hall–Kier alpha value is -2.04. The number of aromatic hydroxyl groups is 1. The van der Waals surface area contributed by atoms with E-state index in [0.717, 1.165) is 5.56 Å². The predicted molar refractivity (Wildman–Crippen MR) is 75.6 cm³/mol. The molecular formula is C15H20N2O3. The standard InChI is InChI=1S/C15H20N2O3/c1-10-5-6-11(12(18)9-10)13(19)17-8-7-16(4)14(20)15(17,2)3/h5-6,9,18H,7-8H2,1-4H3. The summed E-state index contributed by atoms with van der Waals surface area (Å²) in [7, 11) is 1.73. The summed E-state index contributed by atoms with van der Waals surface area (Å²) < 4.78 is 0. The topological polar surface area (TPSA) is 60.9 Å². The van der Waals surface area contributed by atoms with Crippen molar-refractivity contribution in [2.24, 2.45) is 0 Å². The van der Waals surface area contributed by atoms with Crippen LogP contribution in [0.4, 0.5) is 0 Å². The number of amides is 2. The molecule has 0 bridgehead atoms. The number of carbonyl (C=O) groups excluding carboxylic acids is 2. The molecule has 2 amide bonds. The molecule has 0 spiro atoms. The fourth-order valence-electron chi connectivity index (χ4n) is 2.54. The van der Waals surface area contributed by atoms with Crippen molar-refractivity contribution in [3.63, 3.8) is 0 Å². The Balaban J connectivity index is 2.35. The van der Waals surface area contributed by atoms with Crippen molar-refractivity contribution in [3.8, 4) is 5.75 Å². The summed E-state index contributed by atoms with van der Waals surface area (Å²) in [6.07, 6.45) is 0. The quantitative estimate of drug-likeness (QED) is 0.843. The summed E-state index contributed by atoms with van der Waals surface area (Å²) in [5, 5.41) is 9.94. The van der Waals surface area contributed by atoms with Crippen LogP contribution >= 0.6 is 0 Å². The van der Waals surface area contributed by atoms with Gasteiger partial charge in [0.05, 0.1) is 5.56 Å². The Bertz CT molecular complexity index is 566. The number of hydrogen-bond donors (Lipinski definition) is 1. The van der Waals surface area contributed by atoms with Gasteiger partial charge in [-0.3, -0.25) is 9.59 Å². The van der Waals surface area contributed by atoms with Crippen molar-refractivity contribution >= 4 is 11.8 Å². The van der Waals surface area contributed by atoms with E-state index in [1.807, 2.05) is 6.92 Å². The number of benzene rings is 1. The highest BCUT2D eigenvalue weighted by atomic mass is 16.3. The van der Waals surface area contributed by atoms with E-state index in [2.05, 4.69) is 0 Å². The molecule has 2 rings (SSSR count). The van der Waals surface area contributed by atoms with Crippen LogP contribution in [0.1, 0.15) is 29.8 Å². The molecule has 1 aromatic carbocycles. The van der Waals surface area contributed by atoms with E-state index in [4.69, 9.17) is 0 Å². The lowest BCUT2D eigenvalue weighted by Crippen LogP contribution is -2.63. The Kier molecular flexibility index (Phi) is 3.46. The van der Waals surface area contributed by atoms with Gasteiger partial charge in [0.25, 0.3) is 5.91 Å². The van der Waals surface area contributed by atoms with Gasteiger partial charge in [0.2, 0.25) is 5.91 Å². The molecule has 5 nitrogen and oxygen atoms in total. The molecule has 108 valence electrons. The zero-order chi connectivity index (χ0) is 15.1. The van der Waals surface area contributed by atoms with Crippen LogP contribution in [0.2, 0.25) is 0 Å². The molecule has 0 unspecified atom stereocenters. The number of phenols is 1. The van der Waals surface area contributed by atoms with Gasteiger partial charge in [-0.15, -0.1) is 0 Å². The van der Waals surface area contributed by atoms with E-state index in [1.165, 1.54) is 4.90 Å². The van der Waals surface area contributed by atoms with E-state index in [9.17, 15) is 14.7 Å². The highest BCUT2D eigenvalue weighted by molar-refractivity contribution is 6.01. The van der Waals surface area contributed by atoms with Crippen molar-refractivity contribution < 1.29 is 14.7 Å². The van der Waals surface area contributed by atoms with E-state index in [0.29, 0.717) is 13.1 Å². The average Bonchev–Trinajstić information content (AvgIpc) is 2.35. The summed E-state index contributed by atoms with van der Waals surface area (Å²) in [5.74, 6) is -0.449. The molecule has 1 fully saturated rings. The third-order valence-electron chi connectivity index (χ3n) is 3.83. The number of nitrogens with zero attached hydrogens (tertiary/aromatic N) is 2. The molecule has 1 aliphatic heterocycles. The first-order chi connectivity index (χ1) is 9.25. The van der Waals surface area contributed by atoms with Crippen LogP contribution in [0.3, 0.4) is 0 Å². The average molecular weight is 276 g/mol. The van der Waals surface area contributed by atoms with Crippen LogP contribution in [0.5, 0.6) is 5.75 Å². The SMILES string of the molecule is Cc1ccc(C(=O)N2CCN(C)C(=O)C2(C)C)c(O)c1. The number of carbonyl (C=O) groups is 2. The molecule has 0 saturated carbocycles. The van der Waals surface area contributed by atoms with E-state index in [-0.39, 0.29) is 23.1 Å². The molecule has 0 radical (unpaired) electrons. The number of piperazine rings is 1. The van der Waals surface area contributed by atoms with Gasteiger partial charge in [0.1, 0.15) is 11.3 Å². The van der Waals surface area contributed by atoms with E-state index < -0.39 is 5.54 Å². The third-order valence-corrected chi connectivity index (χ3v) is 3.83. The van der Waals surface area contributed by atoms with E-state index in [1.54, 1.807) is 44.0 Å². The van der Waals surface area contributed by atoms with Crippen molar-refractivity contribution in [2.45, 2.75) is 26.3 Å². The van der Waals surface area contributed by atoms with Crippen molar-refractivity contribution in [3.05, 3.63) is 29.3 Å². The molecule has 1 aliphatic rings. The second kappa shape index (κ2) is 4.81.